The average molecular weight is 434 g/mol. The number of ether oxygens (including phenoxy) is 1. The topological polar surface area (TPSA) is 89.4 Å². The van der Waals surface area contributed by atoms with E-state index in [4.69, 9.17) is 4.74 Å². The zero-order chi connectivity index (χ0) is 23.0. The van der Waals surface area contributed by atoms with Crippen LogP contribution in [0.5, 0.6) is 5.75 Å². The van der Waals surface area contributed by atoms with Crippen LogP contribution in [0.4, 0.5) is 5.69 Å². The monoisotopic (exact) mass is 433 g/mol. The van der Waals surface area contributed by atoms with Crippen molar-refractivity contribution in [2.75, 3.05) is 11.9 Å². The Balaban J connectivity index is 1.48. The summed E-state index contributed by atoms with van der Waals surface area (Å²) in [4.78, 5) is 26.5. The molecule has 0 fully saturated rings. The molecule has 8 heteroatoms. The molecule has 0 saturated heterocycles. The van der Waals surface area contributed by atoms with Gasteiger partial charge in [-0.2, -0.15) is 0 Å². The summed E-state index contributed by atoms with van der Waals surface area (Å²) in [6.45, 7) is 7.67. The number of amides is 2. The summed E-state index contributed by atoms with van der Waals surface area (Å²) >= 11 is 0. The molecule has 4 rings (SSSR count). The predicted molar refractivity (Wildman–Crippen MR) is 121 cm³/mol. The van der Waals surface area contributed by atoms with Crippen LogP contribution < -0.4 is 15.0 Å². The van der Waals surface area contributed by atoms with Crippen LogP contribution in [0.1, 0.15) is 54.1 Å². The summed E-state index contributed by atoms with van der Waals surface area (Å²) in [6, 6.07) is 13.1. The van der Waals surface area contributed by atoms with E-state index in [1.54, 1.807) is 16.6 Å². The van der Waals surface area contributed by atoms with Gasteiger partial charge in [0.05, 0.1) is 29.9 Å². The smallest absolute Gasteiger partial charge is 0.274 e. The van der Waals surface area contributed by atoms with E-state index in [0.717, 1.165) is 28.3 Å². The van der Waals surface area contributed by atoms with Gasteiger partial charge in [-0.15, -0.1) is 5.10 Å². The van der Waals surface area contributed by atoms with Crippen LogP contribution in [0.3, 0.4) is 0 Å². The molecule has 0 saturated carbocycles. The number of anilines is 1. The highest BCUT2D eigenvalue weighted by molar-refractivity contribution is 6.01. The zero-order valence-corrected chi connectivity index (χ0v) is 18.9. The van der Waals surface area contributed by atoms with Gasteiger partial charge in [-0.25, -0.2) is 4.68 Å². The lowest BCUT2D eigenvalue weighted by molar-refractivity contribution is -0.117. The molecule has 2 amide bonds. The normalized spacial score (nSPS) is 13.9. The second-order valence-electron chi connectivity index (χ2n) is 8.31. The van der Waals surface area contributed by atoms with Crippen molar-refractivity contribution in [3.05, 3.63) is 65.0 Å². The largest absolute Gasteiger partial charge is 0.491 e. The number of carbonyl (C=O) groups excluding carboxylic acids is 2. The molecule has 2 heterocycles. The van der Waals surface area contributed by atoms with E-state index in [2.05, 4.69) is 15.6 Å². The molecule has 1 atom stereocenters. The highest BCUT2D eigenvalue weighted by Crippen LogP contribution is 2.30. The first-order valence-corrected chi connectivity index (χ1v) is 10.6. The maximum atomic E-state index is 12.9. The molecule has 1 unspecified atom stereocenters. The maximum Gasteiger partial charge on any atom is 0.274 e. The first-order valence-electron chi connectivity index (χ1n) is 10.6. The third kappa shape index (κ3) is 4.08. The van der Waals surface area contributed by atoms with Crippen molar-refractivity contribution in [1.29, 1.82) is 0 Å². The van der Waals surface area contributed by atoms with Crippen LogP contribution in [-0.2, 0) is 11.2 Å². The number of hydrogen-bond acceptors (Lipinski definition) is 5. The second kappa shape index (κ2) is 8.45. The fraction of sp³-hybridized carbons (Fsp3) is 0.333. The number of benzene rings is 2. The van der Waals surface area contributed by atoms with Gasteiger partial charge in [0.2, 0.25) is 5.91 Å². The molecule has 2 aromatic carbocycles. The lowest BCUT2D eigenvalue weighted by Crippen LogP contribution is -2.27. The van der Waals surface area contributed by atoms with Gasteiger partial charge in [0.15, 0.2) is 5.69 Å². The Kier molecular flexibility index (Phi) is 5.69. The Morgan fingerprint density at radius 1 is 1.12 bits per heavy atom. The van der Waals surface area contributed by atoms with E-state index in [1.165, 1.54) is 0 Å². The van der Waals surface area contributed by atoms with Crippen molar-refractivity contribution in [2.45, 2.75) is 46.3 Å². The van der Waals surface area contributed by atoms with Crippen molar-refractivity contribution in [1.82, 2.24) is 20.3 Å². The molecule has 1 N–H and O–H groups in total. The molecule has 166 valence electrons. The molecule has 32 heavy (non-hydrogen) atoms. The fourth-order valence-electron chi connectivity index (χ4n) is 3.83. The summed E-state index contributed by atoms with van der Waals surface area (Å²) in [5, 5.41) is 11.3. The number of likely N-dealkylation sites (N-methyl/N-ethyl adjacent to an activating group) is 1. The van der Waals surface area contributed by atoms with Crippen LogP contribution in [0.15, 0.2) is 42.5 Å². The fourth-order valence-corrected chi connectivity index (χ4v) is 3.83. The lowest BCUT2D eigenvalue weighted by Gasteiger charge is -2.16. The van der Waals surface area contributed by atoms with Crippen molar-refractivity contribution in [3.63, 3.8) is 0 Å². The molecule has 3 aromatic rings. The minimum Gasteiger partial charge on any atom is -0.491 e. The average Bonchev–Trinajstić information content (AvgIpc) is 3.27. The van der Waals surface area contributed by atoms with Gasteiger partial charge >= 0.3 is 0 Å². The van der Waals surface area contributed by atoms with Crippen LogP contribution in [0, 0.1) is 6.92 Å². The Morgan fingerprint density at radius 3 is 2.53 bits per heavy atom. The molecule has 1 aliphatic heterocycles. The standard InChI is InChI=1S/C24H27N5O3/c1-14(2)32-20-9-7-19(8-10-20)29-16(4)23(26-27-29)24(31)25-15(3)17-6-11-21-18(12-17)13-22(30)28(21)5/h6-12,14-15H,13H2,1-5H3,(H,25,31). The van der Waals surface area contributed by atoms with Gasteiger partial charge in [0, 0.05) is 12.7 Å². The van der Waals surface area contributed by atoms with Crippen molar-refractivity contribution in [3.8, 4) is 11.4 Å². The van der Waals surface area contributed by atoms with Gasteiger partial charge in [-0.05, 0) is 69.2 Å². The summed E-state index contributed by atoms with van der Waals surface area (Å²) in [5.74, 6) is 0.551. The minimum atomic E-state index is -0.297. The third-order valence-corrected chi connectivity index (χ3v) is 5.59. The van der Waals surface area contributed by atoms with Crippen LogP contribution in [0.25, 0.3) is 5.69 Å². The number of carbonyl (C=O) groups is 2. The van der Waals surface area contributed by atoms with Gasteiger partial charge in [-0.1, -0.05) is 17.3 Å². The van der Waals surface area contributed by atoms with Gasteiger partial charge in [0.1, 0.15) is 5.75 Å². The molecule has 1 aromatic heterocycles. The minimum absolute atomic E-state index is 0.0740. The summed E-state index contributed by atoms with van der Waals surface area (Å²) < 4.78 is 7.31. The van der Waals surface area contributed by atoms with Crippen molar-refractivity contribution in [2.24, 2.45) is 0 Å². The first kappa shape index (κ1) is 21.5. The third-order valence-electron chi connectivity index (χ3n) is 5.59. The Labute approximate surface area is 187 Å². The summed E-state index contributed by atoms with van der Waals surface area (Å²) in [7, 11) is 1.77. The Morgan fingerprint density at radius 2 is 1.84 bits per heavy atom. The molecular weight excluding hydrogens is 406 g/mol. The van der Waals surface area contributed by atoms with Crippen LogP contribution >= 0.6 is 0 Å². The van der Waals surface area contributed by atoms with Crippen LogP contribution in [-0.4, -0.2) is 40.0 Å². The van der Waals surface area contributed by atoms with Crippen LogP contribution in [0.2, 0.25) is 0 Å². The van der Waals surface area contributed by atoms with Crippen molar-refractivity contribution >= 4 is 17.5 Å². The van der Waals surface area contributed by atoms with E-state index in [1.807, 2.05) is 70.2 Å². The highest BCUT2D eigenvalue weighted by atomic mass is 16.5. The molecule has 1 aliphatic rings. The molecule has 0 spiro atoms. The van der Waals surface area contributed by atoms with Gasteiger partial charge in [0.25, 0.3) is 5.91 Å². The number of fused-ring (bicyclic) bond motifs is 1. The SMILES string of the molecule is Cc1c(C(=O)NC(C)c2ccc3c(c2)CC(=O)N3C)nnn1-c1ccc(OC(C)C)cc1. The van der Waals surface area contributed by atoms with Crippen molar-refractivity contribution < 1.29 is 14.3 Å². The number of nitrogens with one attached hydrogen (secondary N) is 1. The second-order valence-corrected chi connectivity index (χ2v) is 8.31. The molecular formula is C24H27N5O3. The Bertz CT molecular complexity index is 1170. The zero-order valence-electron chi connectivity index (χ0n) is 18.9. The Hall–Kier alpha value is -3.68. The summed E-state index contributed by atoms with van der Waals surface area (Å²) in [6.07, 6.45) is 0.479. The van der Waals surface area contributed by atoms with Gasteiger partial charge in [-0.3, -0.25) is 9.59 Å². The van der Waals surface area contributed by atoms with E-state index in [0.29, 0.717) is 12.1 Å². The number of aromatic nitrogens is 3. The summed E-state index contributed by atoms with van der Waals surface area (Å²) in [5.41, 5.74) is 4.55. The van der Waals surface area contributed by atoms with E-state index in [-0.39, 0.29) is 29.7 Å². The van der Waals surface area contributed by atoms with E-state index >= 15 is 0 Å². The first-order chi connectivity index (χ1) is 15.2. The molecule has 0 bridgehead atoms. The van der Waals surface area contributed by atoms with E-state index in [9.17, 15) is 9.59 Å². The number of hydrogen-bond donors (Lipinski definition) is 1. The van der Waals surface area contributed by atoms with Gasteiger partial charge < -0.3 is 15.0 Å². The predicted octanol–water partition coefficient (Wildman–Crippen LogP) is 3.37. The highest BCUT2D eigenvalue weighted by Gasteiger charge is 2.25. The number of nitrogens with zero attached hydrogens (tertiary/aromatic N) is 4. The molecule has 0 aliphatic carbocycles. The lowest BCUT2D eigenvalue weighted by atomic mass is 10.0. The quantitative estimate of drug-likeness (QED) is 0.644. The maximum absolute atomic E-state index is 12.9. The molecule has 0 radical (unpaired) electrons. The van der Waals surface area contributed by atoms with E-state index < -0.39 is 0 Å². The molecule has 8 nitrogen and oxygen atoms in total. The number of rotatable bonds is 6.